The van der Waals surface area contributed by atoms with E-state index in [2.05, 4.69) is 15.8 Å². The van der Waals surface area contributed by atoms with Crippen LogP contribution in [0.4, 0.5) is 5.69 Å². The zero-order valence-electron chi connectivity index (χ0n) is 15.6. The second kappa shape index (κ2) is 9.96. The summed E-state index contributed by atoms with van der Waals surface area (Å²) in [5.41, 5.74) is 4.70. The maximum absolute atomic E-state index is 12.0. The molecule has 0 unspecified atom stereocenters. The molecule has 0 saturated heterocycles. The molecule has 0 aromatic heterocycles. The summed E-state index contributed by atoms with van der Waals surface area (Å²) in [6.45, 7) is 2.00. The number of nitrogens with zero attached hydrogens (tertiary/aromatic N) is 1. The van der Waals surface area contributed by atoms with E-state index in [1.807, 2.05) is 31.2 Å². The monoisotopic (exact) mass is 369 g/mol. The fourth-order valence-corrected chi connectivity index (χ4v) is 2.52. The van der Waals surface area contributed by atoms with E-state index in [1.54, 1.807) is 18.2 Å². The van der Waals surface area contributed by atoms with E-state index in [-0.39, 0.29) is 6.42 Å². The highest BCUT2D eigenvalue weighted by molar-refractivity contribution is 6.04. The van der Waals surface area contributed by atoms with Gasteiger partial charge in [-0.2, -0.15) is 5.10 Å². The number of ether oxygens (including phenoxy) is 2. The summed E-state index contributed by atoms with van der Waals surface area (Å²) in [6.07, 6.45) is 1.89. The molecule has 0 fully saturated rings. The Kier molecular flexibility index (Phi) is 7.37. The average molecular weight is 369 g/mol. The smallest absolute Gasteiger partial charge is 0.249 e. The van der Waals surface area contributed by atoms with Crippen LogP contribution in [0, 0.1) is 0 Å². The van der Waals surface area contributed by atoms with Crippen molar-refractivity contribution in [3.63, 3.8) is 0 Å². The summed E-state index contributed by atoms with van der Waals surface area (Å²) in [4.78, 5) is 24.0. The Bertz CT molecular complexity index is 834. The molecule has 0 heterocycles. The van der Waals surface area contributed by atoms with Crippen LogP contribution >= 0.6 is 0 Å². The van der Waals surface area contributed by atoms with Crippen LogP contribution in [-0.4, -0.2) is 32.2 Å². The summed E-state index contributed by atoms with van der Waals surface area (Å²) < 4.78 is 10.5. The Hall–Kier alpha value is -3.35. The van der Waals surface area contributed by atoms with E-state index in [0.717, 1.165) is 12.0 Å². The van der Waals surface area contributed by atoms with Crippen molar-refractivity contribution < 1.29 is 19.1 Å². The quantitative estimate of drug-likeness (QED) is 0.425. The summed E-state index contributed by atoms with van der Waals surface area (Å²) in [5.74, 6) is 0.149. The number of anilines is 1. The van der Waals surface area contributed by atoms with Crippen LogP contribution in [0.2, 0.25) is 0 Å². The van der Waals surface area contributed by atoms with Crippen LogP contribution in [0.5, 0.6) is 11.5 Å². The maximum atomic E-state index is 12.0. The van der Waals surface area contributed by atoms with Gasteiger partial charge in [0.1, 0.15) is 6.42 Å². The molecule has 27 heavy (non-hydrogen) atoms. The van der Waals surface area contributed by atoms with Gasteiger partial charge in [-0.15, -0.1) is 0 Å². The molecule has 0 saturated carbocycles. The molecule has 0 bridgehead atoms. The predicted octanol–water partition coefficient (Wildman–Crippen LogP) is 2.75. The molecule has 2 aromatic rings. The van der Waals surface area contributed by atoms with Crippen LogP contribution < -0.4 is 20.2 Å². The third-order valence-corrected chi connectivity index (χ3v) is 3.82. The number of benzene rings is 2. The minimum absolute atomic E-state index is 0.329. The number of hydrazone groups is 1. The average Bonchev–Trinajstić information content (AvgIpc) is 2.67. The molecule has 0 spiro atoms. The first-order valence-corrected chi connectivity index (χ1v) is 8.49. The van der Waals surface area contributed by atoms with E-state index in [4.69, 9.17) is 9.47 Å². The summed E-state index contributed by atoms with van der Waals surface area (Å²) in [6, 6.07) is 12.8. The summed E-state index contributed by atoms with van der Waals surface area (Å²) in [5, 5.41) is 6.62. The van der Waals surface area contributed by atoms with Gasteiger partial charge >= 0.3 is 0 Å². The molecule has 7 nitrogen and oxygen atoms in total. The summed E-state index contributed by atoms with van der Waals surface area (Å²) >= 11 is 0. The third-order valence-electron chi connectivity index (χ3n) is 3.82. The standard InChI is InChI=1S/C20H23N3O4/c1-4-14-8-5-6-10-16(14)22-18(24)12-19(25)23-21-13-15-9-7-11-17(26-2)20(15)27-3/h5-11,13H,4,12H2,1-3H3,(H,22,24)(H,23,25). The highest BCUT2D eigenvalue weighted by Crippen LogP contribution is 2.29. The normalized spacial score (nSPS) is 10.5. The zero-order chi connectivity index (χ0) is 19.6. The minimum Gasteiger partial charge on any atom is -0.493 e. The number of methoxy groups -OCH3 is 2. The van der Waals surface area contributed by atoms with Crippen LogP contribution in [0.25, 0.3) is 0 Å². The van der Waals surface area contributed by atoms with Gasteiger partial charge < -0.3 is 14.8 Å². The van der Waals surface area contributed by atoms with E-state index < -0.39 is 11.8 Å². The fourth-order valence-electron chi connectivity index (χ4n) is 2.52. The van der Waals surface area contributed by atoms with Gasteiger partial charge in [0.05, 0.1) is 20.4 Å². The van der Waals surface area contributed by atoms with E-state index in [1.165, 1.54) is 20.4 Å². The fraction of sp³-hybridized carbons (Fsp3) is 0.250. The lowest BCUT2D eigenvalue weighted by atomic mass is 10.1. The number of carbonyl (C=O) groups excluding carboxylic acids is 2. The van der Waals surface area contributed by atoms with Crippen molar-refractivity contribution in [1.29, 1.82) is 0 Å². The molecule has 2 amide bonds. The Morgan fingerprint density at radius 3 is 2.52 bits per heavy atom. The van der Waals surface area contributed by atoms with Gasteiger partial charge in [0.15, 0.2) is 11.5 Å². The first-order chi connectivity index (χ1) is 13.1. The number of carbonyl (C=O) groups is 2. The SMILES string of the molecule is CCc1ccccc1NC(=O)CC(=O)NN=Cc1cccc(OC)c1OC. The molecule has 7 heteroatoms. The Labute approximate surface area is 158 Å². The van der Waals surface area contributed by atoms with E-state index in [9.17, 15) is 9.59 Å². The van der Waals surface area contributed by atoms with Crippen LogP contribution in [0.3, 0.4) is 0 Å². The Morgan fingerprint density at radius 2 is 1.81 bits per heavy atom. The van der Waals surface area contributed by atoms with Crippen LogP contribution in [-0.2, 0) is 16.0 Å². The zero-order valence-corrected chi connectivity index (χ0v) is 15.6. The van der Waals surface area contributed by atoms with Crippen molar-refractivity contribution in [2.45, 2.75) is 19.8 Å². The third kappa shape index (κ3) is 5.57. The molecule has 2 rings (SSSR count). The van der Waals surface area contributed by atoms with Crippen molar-refractivity contribution in [2.24, 2.45) is 5.10 Å². The highest BCUT2D eigenvalue weighted by atomic mass is 16.5. The molecule has 0 aliphatic rings. The number of nitrogens with one attached hydrogen (secondary N) is 2. The molecular formula is C20H23N3O4. The van der Waals surface area contributed by atoms with Gasteiger partial charge in [-0.05, 0) is 30.2 Å². The maximum Gasteiger partial charge on any atom is 0.249 e. The molecule has 0 radical (unpaired) electrons. The molecular weight excluding hydrogens is 346 g/mol. The molecule has 2 aromatic carbocycles. The van der Waals surface area contributed by atoms with Gasteiger partial charge in [0.2, 0.25) is 11.8 Å². The Balaban J connectivity index is 1.92. The largest absolute Gasteiger partial charge is 0.493 e. The van der Waals surface area contributed by atoms with Crippen molar-refractivity contribution >= 4 is 23.7 Å². The minimum atomic E-state index is -0.514. The van der Waals surface area contributed by atoms with Crippen molar-refractivity contribution in [1.82, 2.24) is 5.43 Å². The van der Waals surface area contributed by atoms with Crippen molar-refractivity contribution in [3.8, 4) is 11.5 Å². The number of amides is 2. The second-order valence-corrected chi connectivity index (χ2v) is 5.61. The lowest BCUT2D eigenvalue weighted by molar-refractivity contribution is -0.126. The number of hydrogen-bond donors (Lipinski definition) is 2. The first kappa shape index (κ1) is 20.0. The second-order valence-electron chi connectivity index (χ2n) is 5.61. The van der Waals surface area contributed by atoms with Gasteiger partial charge in [0.25, 0.3) is 0 Å². The highest BCUT2D eigenvalue weighted by Gasteiger charge is 2.11. The van der Waals surface area contributed by atoms with Gasteiger partial charge in [-0.1, -0.05) is 31.2 Å². The predicted molar refractivity (Wildman–Crippen MR) is 104 cm³/mol. The topological polar surface area (TPSA) is 89.0 Å². The van der Waals surface area contributed by atoms with E-state index in [0.29, 0.717) is 22.7 Å². The molecule has 142 valence electrons. The van der Waals surface area contributed by atoms with Gasteiger partial charge in [0, 0.05) is 11.3 Å². The molecule has 0 aliphatic carbocycles. The van der Waals surface area contributed by atoms with Crippen molar-refractivity contribution in [2.75, 3.05) is 19.5 Å². The van der Waals surface area contributed by atoms with Crippen molar-refractivity contribution in [3.05, 3.63) is 53.6 Å². The molecule has 0 atom stereocenters. The lowest BCUT2D eigenvalue weighted by Gasteiger charge is -2.10. The van der Waals surface area contributed by atoms with Gasteiger partial charge in [-0.3, -0.25) is 9.59 Å². The molecule has 0 aliphatic heterocycles. The summed E-state index contributed by atoms with van der Waals surface area (Å²) in [7, 11) is 3.06. The Morgan fingerprint density at radius 1 is 1.04 bits per heavy atom. The number of rotatable bonds is 8. The molecule has 2 N–H and O–H groups in total. The number of aryl methyl sites for hydroxylation is 1. The van der Waals surface area contributed by atoms with Gasteiger partial charge in [-0.25, -0.2) is 5.43 Å². The van der Waals surface area contributed by atoms with E-state index >= 15 is 0 Å². The number of para-hydroxylation sites is 2. The first-order valence-electron chi connectivity index (χ1n) is 8.49. The lowest BCUT2D eigenvalue weighted by Crippen LogP contribution is -2.25. The van der Waals surface area contributed by atoms with Crippen LogP contribution in [0.15, 0.2) is 47.6 Å². The van der Waals surface area contributed by atoms with Crippen LogP contribution in [0.1, 0.15) is 24.5 Å². The number of hydrogen-bond acceptors (Lipinski definition) is 5.